The van der Waals surface area contributed by atoms with E-state index >= 15 is 0 Å². The number of amides is 11. The van der Waals surface area contributed by atoms with Crippen LogP contribution in [0.1, 0.15) is 56.1 Å². The first-order valence-corrected chi connectivity index (χ1v) is 26.1. The Balaban J connectivity index is 1.70. The van der Waals surface area contributed by atoms with Crippen molar-refractivity contribution in [2.45, 2.75) is 106 Å². The predicted octanol–water partition coefficient (Wildman–Crippen LogP) is -5.11. The molecular formula is C46H65N15O11S2. The van der Waals surface area contributed by atoms with Crippen molar-refractivity contribution in [2.24, 2.45) is 39.4 Å². The number of nitrogens with zero attached hydrogens (tertiary/aromatic N) is 2. The highest BCUT2D eigenvalue weighted by Crippen LogP contribution is 2.26. The molecule has 0 saturated carbocycles. The van der Waals surface area contributed by atoms with Crippen molar-refractivity contribution < 1.29 is 52.7 Å². The second-order valence-electron chi connectivity index (χ2n) is 17.4. The number of carbonyl (C=O) groups excluding carboxylic acids is 11. The van der Waals surface area contributed by atoms with E-state index in [9.17, 15) is 52.7 Å². The Morgan fingerprint density at radius 2 is 1.22 bits per heavy atom. The van der Waals surface area contributed by atoms with Gasteiger partial charge >= 0.3 is 0 Å². The largest absolute Gasteiger partial charge is 0.370 e. The number of primary amides is 3. The average molecular weight is 1070 g/mol. The number of benzene rings is 2. The Bertz CT molecular complexity index is 2360. The lowest BCUT2D eigenvalue weighted by atomic mass is 10.0. The number of guanidine groups is 1. The smallest absolute Gasteiger partial charge is 0.246 e. The van der Waals surface area contributed by atoms with Gasteiger partial charge in [-0.2, -0.15) is 0 Å². The summed E-state index contributed by atoms with van der Waals surface area (Å²) in [4.78, 5) is 153. The summed E-state index contributed by atoms with van der Waals surface area (Å²) in [7, 11) is 2.04. The fourth-order valence-corrected chi connectivity index (χ4v) is 10.1. The molecule has 74 heavy (non-hydrogen) atoms. The molecule has 0 spiro atoms. The average Bonchev–Trinajstić information content (AvgIpc) is 3.86. The van der Waals surface area contributed by atoms with Crippen molar-refractivity contribution in [3.05, 3.63) is 71.8 Å². The van der Waals surface area contributed by atoms with Crippen LogP contribution in [0, 0.1) is 0 Å². The summed E-state index contributed by atoms with van der Waals surface area (Å²) in [6.45, 7) is -0.416. The minimum Gasteiger partial charge on any atom is -0.370 e. The highest BCUT2D eigenvalue weighted by atomic mass is 33.1. The Hall–Kier alpha value is -7.46. The van der Waals surface area contributed by atoms with Gasteiger partial charge in [-0.15, -0.1) is 0 Å². The van der Waals surface area contributed by atoms with Crippen LogP contribution in [0.4, 0.5) is 0 Å². The van der Waals surface area contributed by atoms with E-state index in [1.165, 1.54) is 4.90 Å². The number of rotatable bonds is 19. The number of likely N-dealkylation sites (tertiary alicyclic amines) is 1. The molecule has 8 atom stereocenters. The van der Waals surface area contributed by atoms with Gasteiger partial charge in [0.05, 0.1) is 19.0 Å². The SMILES string of the molecule is NC(=O)CC[C@@H]1NC(=O)[C@H](Cc2ccccc2)NC(=O)[C@H](Cc2ccccc2)NC(=O)[C@@H](N)CSSC[C@@H](C(=O)N2CCCC2C(=O)N[C@@H](CCCN=C(N)N)C(=O)NCC(N)=O)NC(=O)[C@H](CC(N)=O)NC1=O. The molecule has 28 heteroatoms. The van der Waals surface area contributed by atoms with Crippen LogP contribution >= 0.6 is 21.6 Å². The normalized spacial score (nSPS) is 22.7. The van der Waals surface area contributed by atoms with E-state index in [-0.39, 0.29) is 62.7 Å². The third kappa shape index (κ3) is 19.9. The van der Waals surface area contributed by atoms with Gasteiger partial charge in [0.15, 0.2) is 5.96 Å². The van der Waals surface area contributed by atoms with Gasteiger partial charge in [0.2, 0.25) is 65.0 Å². The van der Waals surface area contributed by atoms with Crippen LogP contribution in [-0.2, 0) is 65.6 Å². The van der Waals surface area contributed by atoms with Crippen LogP contribution in [0.25, 0.3) is 0 Å². The lowest BCUT2D eigenvalue weighted by Crippen LogP contribution is -2.61. The predicted molar refractivity (Wildman–Crippen MR) is 274 cm³/mol. The number of aliphatic imine (C=N–C) groups is 1. The van der Waals surface area contributed by atoms with Crippen LogP contribution in [0.5, 0.6) is 0 Å². The third-order valence-electron chi connectivity index (χ3n) is 11.6. The van der Waals surface area contributed by atoms with Gasteiger partial charge in [-0.25, -0.2) is 0 Å². The molecule has 2 aliphatic rings. The molecule has 2 heterocycles. The Morgan fingerprint density at radius 3 is 1.78 bits per heavy atom. The quantitative estimate of drug-likeness (QED) is 0.0271. The second-order valence-corrected chi connectivity index (χ2v) is 20.0. The van der Waals surface area contributed by atoms with Gasteiger partial charge in [0.25, 0.3) is 0 Å². The molecule has 0 aromatic heterocycles. The number of nitrogens with two attached hydrogens (primary N) is 6. The van der Waals surface area contributed by atoms with Crippen LogP contribution < -0.4 is 71.6 Å². The molecule has 2 aromatic rings. The molecule has 402 valence electrons. The van der Waals surface area contributed by atoms with E-state index in [2.05, 4.69) is 42.2 Å². The summed E-state index contributed by atoms with van der Waals surface area (Å²) >= 11 is 0. The van der Waals surface area contributed by atoms with Gasteiger partial charge in [-0.05, 0) is 43.2 Å². The molecule has 2 aliphatic heterocycles. The maximum Gasteiger partial charge on any atom is 0.246 e. The van der Waals surface area contributed by atoms with Crippen LogP contribution in [0.3, 0.4) is 0 Å². The number of hydrogen-bond donors (Lipinski definition) is 13. The highest BCUT2D eigenvalue weighted by Gasteiger charge is 2.40. The van der Waals surface area contributed by atoms with Crippen molar-refractivity contribution in [2.75, 3.05) is 31.1 Å². The number of hydrogen-bond acceptors (Lipinski definition) is 15. The molecule has 0 radical (unpaired) electrons. The third-order valence-corrected chi connectivity index (χ3v) is 14.0. The van der Waals surface area contributed by atoms with Gasteiger partial charge < -0.3 is 76.5 Å². The number of nitrogens with one attached hydrogen (secondary N) is 7. The summed E-state index contributed by atoms with van der Waals surface area (Å²) in [5.74, 6) is -10.2. The highest BCUT2D eigenvalue weighted by molar-refractivity contribution is 8.76. The van der Waals surface area contributed by atoms with E-state index in [0.717, 1.165) is 21.6 Å². The molecule has 26 nitrogen and oxygen atoms in total. The molecular weight excluding hydrogens is 1000 g/mol. The fraction of sp³-hybridized carbons (Fsp3) is 0.478. The fourth-order valence-electron chi connectivity index (χ4n) is 7.78. The molecule has 11 amide bonds. The zero-order chi connectivity index (χ0) is 54.3. The standard InChI is InChI=1S/C46H65N15O11S2/c47-27-23-73-74-24-33(45(72)61-18-8-14-34(61)44(71)56-28(13-7-17-53-46(51)52)39(66)54-22-37(50)64)60-43(70)32(21-36(49)63)59-40(67)29(15-16-35(48)62)55-41(68)31(20-26-11-5-2-6-12-26)58-42(69)30(57-38(27)65)19-25-9-3-1-4-10-25/h1-6,9-12,27-34H,7-8,13-24,47H2,(H2,48,62)(H2,49,63)(H2,50,64)(H,54,66)(H,55,68)(H,56,71)(H,57,65)(H,58,69)(H,59,67)(H,60,70)(H4,51,52,53)/t27-,28-,29-,30-,31-,32-,33-,34?/m0/s1. The molecule has 19 N–H and O–H groups in total. The van der Waals surface area contributed by atoms with Crippen LogP contribution in [0.15, 0.2) is 65.7 Å². The summed E-state index contributed by atoms with van der Waals surface area (Å²) < 4.78 is 0. The zero-order valence-corrected chi connectivity index (χ0v) is 42.1. The van der Waals surface area contributed by atoms with Crippen molar-refractivity contribution in [3.8, 4) is 0 Å². The first kappa shape index (κ1) is 59.1. The van der Waals surface area contributed by atoms with Gasteiger partial charge in [0, 0.05) is 43.9 Å². The number of carbonyl (C=O) groups is 11. The van der Waals surface area contributed by atoms with Crippen molar-refractivity contribution in [3.63, 3.8) is 0 Å². The lowest BCUT2D eigenvalue weighted by molar-refractivity contribution is -0.142. The molecule has 2 saturated heterocycles. The van der Waals surface area contributed by atoms with E-state index in [0.29, 0.717) is 17.5 Å². The second kappa shape index (κ2) is 29.9. The van der Waals surface area contributed by atoms with Gasteiger partial charge in [0.1, 0.15) is 42.3 Å². The monoisotopic (exact) mass is 1070 g/mol. The molecule has 2 fully saturated rings. The Morgan fingerprint density at radius 1 is 0.676 bits per heavy atom. The van der Waals surface area contributed by atoms with E-state index in [4.69, 9.17) is 34.4 Å². The van der Waals surface area contributed by atoms with Crippen molar-refractivity contribution in [1.82, 2.24) is 42.1 Å². The summed E-state index contributed by atoms with van der Waals surface area (Å²) in [5, 5.41) is 17.9. The summed E-state index contributed by atoms with van der Waals surface area (Å²) in [5.41, 5.74) is 34.6. The summed E-state index contributed by atoms with van der Waals surface area (Å²) in [6.07, 6.45) is -1.14. The topological polar surface area (TPSA) is 444 Å². The zero-order valence-electron chi connectivity index (χ0n) is 40.5. The van der Waals surface area contributed by atoms with E-state index < -0.39 is 139 Å². The first-order valence-electron chi connectivity index (χ1n) is 23.6. The first-order chi connectivity index (χ1) is 35.2. The maximum atomic E-state index is 14.6. The lowest BCUT2D eigenvalue weighted by Gasteiger charge is -2.31. The Labute approximate surface area is 434 Å². The van der Waals surface area contributed by atoms with E-state index in [1.54, 1.807) is 60.7 Å². The molecule has 0 aliphatic carbocycles. The molecule has 0 bridgehead atoms. The molecule has 4 rings (SSSR count). The molecule has 1 unspecified atom stereocenters. The molecule has 2 aromatic carbocycles. The van der Waals surface area contributed by atoms with Crippen molar-refractivity contribution in [1.29, 1.82) is 0 Å². The maximum absolute atomic E-state index is 14.6. The minimum atomic E-state index is -1.78. The van der Waals surface area contributed by atoms with E-state index in [1.807, 2.05) is 0 Å². The van der Waals surface area contributed by atoms with Crippen molar-refractivity contribution >= 4 is 92.5 Å². The van der Waals surface area contributed by atoms with Gasteiger partial charge in [-0.1, -0.05) is 82.3 Å². The van der Waals surface area contributed by atoms with Crippen LogP contribution in [-0.4, -0.2) is 155 Å². The van der Waals surface area contributed by atoms with Crippen LogP contribution in [0.2, 0.25) is 0 Å². The summed E-state index contributed by atoms with van der Waals surface area (Å²) in [6, 6.07) is 6.07. The Kier molecular flexibility index (Phi) is 23.9. The minimum absolute atomic E-state index is 0.00960. The van der Waals surface area contributed by atoms with Gasteiger partial charge in [-0.3, -0.25) is 57.7 Å².